The maximum atomic E-state index is 12.3. The SMILES string of the molecule is COc1ccc(Cl)cc1C(=O)CCC(=O)N1CCC(OC)C1. The number of nitrogens with zero attached hydrogens (tertiary/aromatic N) is 1. The van der Waals surface area contributed by atoms with Gasteiger partial charge in [-0.2, -0.15) is 0 Å². The van der Waals surface area contributed by atoms with Crippen LogP contribution in [-0.4, -0.2) is 50.0 Å². The van der Waals surface area contributed by atoms with Crippen molar-refractivity contribution < 1.29 is 19.1 Å². The Kier molecular flexibility index (Phi) is 5.80. The summed E-state index contributed by atoms with van der Waals surface area (Å²) in [6.45, 7) is 1.29. The highest BCUT2D eigenvalue weighted by Gasteiger charge is 2.26. The van der Waals surface area contributed by atoms with E-state index in [0.29, 0.717) is 29.4 Å². The molecule has 1 atom stereocenters. The van der Waals surface area contributed by atoms with Crippen LogP contribution in [0.3, 0.4) is 0 Å². The molecule has 0 N–H and O–H groups in total. The average Bonchev–Trinajstić information content (AvgIpc) is 3.01. The van der Waals surface area contributed by atoms with Gasteiger partial charge in [-0.25, -0.2) is 0 Å². The number of carbonyl (C=O) groups is 2. The summed E-state index contributed by atoms with van der Waals surface area (Å²) >= 11 is 5.92. The Hall–Kier alpha value is -1.59. The molecule has 1 amide bonds. The van der Waals surface area contributed by atoms with Crippen molar-refractivity contribution in [3.8, 4) is 5.75 Å². The molecule has 1 saturated heterocycles. The zero-order valence-electron chi connectivity index (χ0n) is 12.8. The number of carbonyl (C=O) groups excluding carboxylic acids is 2. The predicted octanol–water partition coefficient (Wildman–Crippen LogP) is 2.56. The lowest BCUT2D eigenvalue weighted by Crippen LogP contribution is -2.30. The molecule has 6 heteroatoms. The Morgan fingerprint density at radius 1 is 1.32 bits per heavy atom. The first kappa shape index (κ1) is 16.8. The molecule has 0 radical (unpaired) electrons. The van der Waals surface area contributed by atoms with Crippen LogP contribution >= 0.6 is 11.6 Å². The second-order valence-corrected chi connectivity index (χ2v) is 5.69. The normalized spacial score (nSPS) is 17.6. The molecule has 1 aliphatic heterocycles. The van der Waals surface area contributed by atoms with Crippen molar-refractivity contribution >= 4 is 23.3 Å². The smallest absolute Gasteiger partial charge is 0.223 e. The third kappa shape index (κ3) is 3.99. The van der Waals surface area contributed by atoms with Crippen LogP contribution in [0, 0.1) is 0 Å². The maximum absolute atomic E-state index is 12.3. The second-order valence-electron chi connectivity index (χ2n) is 5.25. The van der Waals surface area contributed by atoms with Gasteiger partial charge < -0.3 is 14.4 Å². The molecule has 0 spiro atoms. The van der Waals surface area contributed by atoms with Crippen LogP contribution in [0.2, 0.25) is 5.02 Å². The number of hydrogen-bond acceptors (Lipinski definition) is 4. The van der Waals surface area contributed by atoms with Crippen LogP contribution in [-0.2, 0) is 9.53 Å². The molecule has 1 unspecified atom stereocenters. The van der Waals surface area contributed by atoms with Crippen molar-refractivity contribution in [2.24, 2.45) is 0 Å². The maximum Gasteiger partial charge on any atom is 0.223 e. The lowest BCUT2D eigenvalue weighted by atomic mass is 10.1. The number of hydrogen-bond donors (Lipinski definition) is 0. The summed E-state index contributed by atoms with van der Waals surface area (Å²) in [5, 5.41) is 0.470. The first-order valence-corrected chi connectivity index (χ1v) is 7.60. The van der Waals surface area contributed by atoms with Gasteiger partial charge in [0.25, 0.3) is 0 Å². The van der Waals surface area contributed by atoms with E-state index in [1.165, 1.54) is 7.11 Å². The fraction of sp³-hybridized carbons (Fsp3) is 0.500. The van der Waals surface area contributed by atoms with Gasteiger partial charge in [0.15, 0.2) is 5.78 Å². The van der Waals surface area contributed by atoms with Crippen molar-refractivity contribution in [2.75, 3.05) is 27.3 Å². The third-order valence-electron chi connectivity index (χ3n) is 3.86. The largest absolute Gasteiger partial charge is 0.496 e. The average molecular weight is 326 g/mol. The first-order chi connectivity index (χ1) is 10.5. The number of methoxy groups -OCH3 is 2. The van der Waals surface area contributed by atoms with Crippen LogP contribution < -0.4 is 4.74 Å². The van der Waals surface area contributed by atoms with Gasteiger partial charge in [-0.1, -0.05) is 11.6 Å². The van der Waals surface area contributed by atoms with E-state index in [1.807, 2.05) is 0 Å². The number of likely N-dealkylation sites (tertiary alicyclic amines) is 1. The van der Waals surface area contributed by atoms with E-state index in [1.54, 1.807) is 30.2 Å². The fourth-order valence-electron chi connectivity index (χ4n) is 2.56. The Morgan fingerprint density at radius 2 is 2.09 bits per heavy atom. The highest BCUT2D eigenvalue weighted by atomic mass is 35.5. The summed E-state index contributed by atoms with van der Waals surface area (Å²) in [7, 11) is 3.15. The summed E-state index contributed by atoms with van der Waals surface area (Å²) in [5.74, 6) is 0.312. The molecule has 0 bridgehead atoms. The van der Waals surface area contributed by atoms with Crippen LogP contribution in [0.25, 0.3) is 0 Å². The van der Waals surface area contributed by atoms with E-state index in [9.17, 15) is 9.59 Å². The van der Waals surface area contributed by atoms with Gasteiger partial charge in [-0.05, 0) is 24.6 Å². The molecule has 5 nitrogen and oxygen atoms in total. The van der Waals surface area contributed by atoms with Gasteiger partial charge in [-0.3, -0.25) is 9.59 Å². The Balaban J connectivity index is 1.93. The number of benzene rings is 1. The number of halogens is 1. The number of ketones is 1. The van der Waals surface area contributed by atoms with Crippen LogP contribution in [0.1, 0.15) is 29.6 Å². The van der Waals surface area contributed by atoms with Gasteiger partial charge >= 0.3 is 0 Å². The topological polar surface area (TPSA) is 55.8 Å². The van der Waals surface area contributed by atoms with Gasteiger partial charge in [0.1, 0.15) is 5.75 Å². The summed E-state index contributed by atoms with van der Waals surface area (Å²) in [6, 6.07) is 4.89. The van der Waals surface area contributed by atoms with Crippen molar-refractivity contribution in [3.05, 3.63) is 28.8 Å². The lowest BCUT2D eigenvalue weighted by Gasteiger charge is -2.16. The highest BCUT2D eigenvalue weighted by Crippen LogP contribution is 2.24. The fourth-order valence-corrected chi connectivity index (χ4v) is 2.73. The highest BCUT2D eigenvalue weighted by molar-refractivity contribution is 6.31. The molecule has 0 aromatic heterocycles. The predicted molar refractivity (Wildman–Crippen MR) is 83.6 cm³/mol. The molecular weight excluding hydrogens is 306 g/mol. The summed E-state index contributed by atoms with van der Waals surface area (Å²) in [4.78, 5) is 26.2. The monoisotopic (exact) mass is 325 g/mol. The van der Waals surface area contributed by atoms with Crippen LogP contribution in [0.15, 0.2) is 18.2 Å². The standard InChI is InChI=1S/C16H20ClNO4/c1-21-12-7-8-18(10-12)16(20)6-4-14(19)13-9-11(17)3-5-15(13)22-2/h3,5,9,12H,4,6-8,10H2,1-2H3. The van der Waals surface area contributed by atoms with E-state index >= 15 is 0 Å². The van der Waals surface area contributed by atoms with E-state index in [0.717, 1.165) is 6.42 Å². The summed E-state index contributed by atoms with van der Waals surface area (Å²) < 4.78 is 10.4. The van der Waals surface area contributed by atoms with Crippen molar-refractivity contribution in [2.45, 2.75) is 25.4 Å². The summed E-state index contributed by atoms with van der Waals surface area (Å²) in [5.41, 5.74) is 0.416. The molecule has 2 rings (SSSR count). The molecule has 1 aromatic rings. The minimum absolute atomic E-state index is 0.0195. The van der Waals surface area contributed by atoms with Crippen molar-refractivity contribution in [1.29, 1.82) is 0 Å². The minimum atomic E-state index is -0.143. The Morgan fingerprint density at radius 3 is 2.73 bits per heavy atom. The Bertz CT molecular complexity index is 561. The van der Waals surface area contributed by atoms with E-state index < -0.39 is 0 Å². The second kappa shape index (κ2) is 7.61. The van der Waals surface area contributed by atoms with E-state index in [-0.39, 0.29) is 30.6 Å². The van der Waals surface area contributed by atoms with E-state index in [4.69, 9.17) is 21.1 Å². The van der Waals surface area contributed by atoms with E-state index in [2.05, 4.69) is 0 Å². The van der Waals surface area contributed by atoms with Crippen LogP contribution in [0.4, 0.5) is 0 Å². The number of amides is 1. The molecule has 0 aliphatic carbocycles. The van der Waals surface area contributed by atoms with Crippen molar-refractivity contribution in [3.63, 3.8) is 0 Å². The zero-order chi connectivity index (χ0) is 16.1. The lowest BCUT2D eigenvalue weighted by molar-refractivity contribution is -0.130. The molecule has 1 heterocycles. The number of ether oxygens (including phenoxy) is 2. The quantitative estimate of drug-likeness (QED) is 0.754. The van der Waals surface area contributed by atoms with Crippen molar-refractivity contribution in [1.82, 2.24) is 4.90 Å². The number of rotatable bonds is 6. The molecule has 120 valence electrons. The molecule has 22 heavy (non-hydrogen) atoms. The van der Waals surface area contributed by atoms with Gasteiger partial charge in [0.2, 0.25) is 5.91 Å². The first-order valence-electron chi connectivity index (χ1n) is 7.22. The summed E-state index contributed by atoms with van der Waals surface area (Å²) in [6.07, 6.45) is 1.28. The molecular formula is C16H20ClNO4. The Labute approximate surface area is 135 Å². The van der Waals surface area contributed by atoms with Gasteiger partial charge in [0, 0.05) is 38.1 Å². The molecule has 1 fully saturated rings. The molecule has 1 aliphatic rings. The van der Waals surface area contributed by atoms with Crippen LogP contribution in [0.5, 0.6) is 5.75 Å². The molecule has 1 aromatic carbocycles. The van der Waals surface area contributed by atoms with Gasteiger partial charge in [0.05, 0.1) is 18.8 Å². The van der Waals surface area contributed by atoms with Gasteiger partial charge in [-0.15, -0.1) is 0 Å². The molecule has 0 saturated carbocycles. The number of Topliss-reactive ketones (excluding diaryl/α,β-unsaturated/α-hetero) is 1. The zero-order valence-corrected chi connectivity index (χ0v) is 13.6. The minimum Gasteiger partial charge on any atom is -0.496 e. The third-order valence-corrected chi connectivity index (χ3v) is 4.09.